The van der Waals surface area contributed by atoms with E-state index in [0.29, 0.717) is 52.6 Å². The van der Waals surface area contributed by atoms with E-state index < -0.39 is 12.1 Å². The van der Waals surface area contributed by atoms with Crippen LogP contribution in [0.25, 0.3) is 33.3 Å². The molecule has 0 radical (unpaired) electrons. The SMILES string of the molecule is COC(=O)Nc1ccc2c(c1)NC(=O)C(C)CCCC(n1cnc(-c3cc(Cl)cc4cnn(C)c34)cc1=O)c1cc-2ccn1. The first-order valence-electron chi connectivity index (χ1n) is 14.2. The number of hydrogen-bond acceptors (Lipinski definition) is 7. The van der Waals surface area contributed by atoms with E-state index in [1.54, 1.807) is 46.2 Å². The molecule has 0 fully saturated rings. The summed E-state index contributed by atoms with van der Waals surface area (Å²) in [6.07, 6.45) is 6.20. The Morgan fingerprint density at radius 3 is 2.70 bits per heavy atom. The van der Waals surface area contributed by atoms with Gasteiger partial charge in [0.15, 0.2) is 0 Å². The molecule has 6 rings (SSSR count). The number of ether oxygens (including phenoxy) is 1. The van der Waals surface area contributed by atoms with Crippen molar-refractivity contribution in [2.75, 3.05) is 17.7 Å². The minimum atomic E-state index is -0.614. The highest BCUT2D eigenvalue weighted by Gasteiger charge is 2.23. The second-order valence-electron chi connectivity index (χ2n) is 10.9. The molecule has 4 heterocycles. The molecule has 44 heavy (non-hydrogen) atoms. The molecule has 2 bridgehead atoms. The molecule has 2 aromatic carbocycles. The van der Waals surface area contributed by atoms with E-state index in [0.717, 1.165) is 22.0 Å². The molecule has 2 atom stereocenters. The van der Waals surface area contributed by atoms with Gasteiger partial charge >= 0.3 is 6.09 Å². The number of carbonyl (C=O) groups excluding carboxylic acids is 2. The van der Waals surface area contributed by atoms with Gasteiger partial charge < -0.3 is 10.1 Å². The van der Waals surface area contributed by atoms with Crippen LogP contribution in [0.2, 0.25) is 5.02 Å². The van der Waals surface area contributed by atoms with Crippen molar-refractivity contribution in [3.8, 4) is 22.4 Å². The number of benzene rings is 2. The van der Waals surface area contributed by atoms with Crippen LogP contribution in [0.3, 0.4) is 0 Å². The predicted molar refractivity (Wildman–Crippen MR) is 169 cm³/mol. The van der Waals surface area contributed by atoms with Crippen LogP contribution >= 0.6 is 11.6 Å². The van der Waals surface area contributed by atoms with E-state index in [4.69, 9.17) is 21.3 Å². The van der Waals surface area contributed by atoms with Crippen molar-refractivity contribution >= 4 is 45.9 Å². The number of fused-ring (bicyclic) bond motifs is 5. The van der Waals surface area contributed by atoms with Gasteiger partial charge in [0.2, 0.25) is 5.91 Å². The van der Waals surface area contributed by atoms with Crippen LogP contribution in [0.1, 0.15) is 37.9 Å². The Morgan fingerprint density at radius 2 is 1.91 bits per heavy atom. The van der Waals surface area contributed by atoms with Crippen molar-refractivity contribution in [2.45, 2.75) is 32.2 Å². The summed E-state index contributed by atoms with van der Waals surface area (Å²) in [5.74, 6) is -0.438. The van der Waals surface area contributed by atoms with Crippen molar-refractivity contribution < 1.29 is 14.3 Å². The highest BCUT2D eigenvalue weighted by molar-refractivity contribution is 6.31. The summed E-state index contributed by atoms with van der Waals surface area (Å²) in [6, 6.07) is 13.7. The Bertz CT molecular complexity index is 1970. The lowest BCUT2D eigenvalue weighted by molar-refractivity contribution is -0.119. The Kier molecular flexibility index (Phi) is 7.88. The molecule has 2 unspecified atom stereocenters. The summed E-state index contributed by atoms with van der Waals surface area (Å²) >= 11 is 6.39. The largest absolute Gasteiger partial charge is 0.453 e. The van der Waals surface area contributed by atoms with Gasteiger partial charge in [-0.15, -0.1) is 0 Å². The number of carbonyl (C=O) groups is 2. The van der Waals surface area contributed by atoms with Gasteiger partial charge in [-0.3, -0.25) is 29.1 Å². The standard InChI is InChI=1S/C32H30ClN7O4/c1-18-5-4-6-28(40-17-35-25(15-29(40)41)24-13-21(33)11-20-16-36-39(2)30(20)24)27-12-19(9-10-34-27)23-8-7-22(37-32(43)44-3)14-26(23)38-31(18)42/h7-18,28H,4-6H2,1-3H3,(H,37,43)(H,38,42). The minimum absolute atomic E-state index is 0.140. The number of aromatic nitrogens is 5. The third kappa shape index (κ3) is 5.66. The summed E-state index contributed by atoms with van der Waals surface area (Å²) in [6.45, 7) is 1.87. The molecule has 11 nitrogen and oxygen atoms in total. The Hall–Kier alpha value is -5.03. The highest BCUT2D eigenvalue weighted by atomic mass is 35.5. The molecule has 2 amide bonds. The molecule has 5 aromatic rings. The van der Waals surface area contributed by atoms with Crippen LogP contribution in [-0.2, 0) is 16.6 Å². The van der Waals surface area contributed by atoms with E-state index in [1.807, 2.05) is 38.2 Å². The van der Waals surface area contributed by atoms with E-state index >= 15 is 0 Å². The maximum Gasteiger partial charge on any atom is 0.411 e. The van der Waals surface area contributed by atoms with Crippen LogP contribution in [0.5, 0.6) is 0 Å². The van der Waals surface area contributed by atoms with Gasteiger partial charge in [-0.25, -0.2) is 9.78 Å². The number of aryl methyl sites for hydroxylation is 1. The lowest BCUT2D eigenvalue weighted by atomic mass is 9.95. The molecule has 12 heteroatoms. The van der Waals surface area contributed by atoms with Gasteiger partial charge in [0.1, 0.15) is 0 Å². The highest BCUT2D eigenvalue weighted by Crippen LogP contribution is 2.35. The van der Waals surface area contributed by atoms with Gasteiger partial charge in [-0.05, 0) is 54.8 Å². The van der Waals surface area contributed by atoms with Crippen LogP contribution in [0.4, 0.5) is 16.2 Å². The number of nitrogens with zero attached hydrogens (tertiary/aromatic N) is 5. The zero-order valence-corrected chi connectivity index (χ0v) is 25.1. The Morgan fingerprint density at radius 1 is 1.07 bits per heavy atom. The quantitative estimate of drug-likeness (QED) is 0.254. The number of rotatable bonds is 3. The zero-order chi connectivity index (χ0) is 31.0. The van der Waals surface area contributed by atoms with Crippen molar-refractivity contribution in [1.82, 2.24) is 24.3 Å². The third-order valence-electron chi connectivity index (χ3n) is 7.95. The van der Waals surface area contributed by atoms with Crippen LogP contribution in [0.15, 0.2) is 72.0 Å². The number of anilines is 2. The predicted octanol–water partition coefficient (Wildman–Crippen LogP) is 6.04. The number of methoxy groups -OCH3 is 1. The third-order valence-corrected chi connectivity index (χ3v) is 8.17. The normalized spacial score (nSPS) is 16.8. The minimum Gasteiger partial charge on any atom is -0.453 e. The number of amides is 2. The fourth-order valence-electron chi connectivity index (χ4n) is 5.65. The lowest BCUT2D eigenvalue weighted by Gasteiger charge is -2.23. The molecule has 1 aliphatic rings. The Labute approximate surface area is 257 Å². The molecule has 1 aliphatic heterocycles. The summed E-state index contributed by atoms with van der Waals surface area (Å²) in [7, 11) is 3.12. The lowest BCUT2D eigenvalue weighted by Crippen LogP contribution is -2.27. The molecule has 0 aliphatic carbocycles. The van der Waals surface area contributed by atoms with Gasteiger partial charge in [0, 0.05) is 52.5 Å². The topological polar surface area (TPSA) is 133 Å². The van der Waals surface area contributed by atoms with Gasteiger partial charge in [-0.1, -0.05) is 31.0 Å². The monoisotopic (exact) mass is 611 g/mol. The molecule has 3 aromatic heterocycles. The van der Waals surface area contributed by atoms with Gasteiger partial charge in [-0.2, -0.15) is 5.10 Å². The zero-order valence-electron chi connectivity index (χ0n) is 24.4. The molecule has 0 saturated carbocycles. The van der Waals surface area contributed by atoms with Gasteiger partial charge in [0.25, 0.3) is 5.56 Å². The van der Waals surface area contributed by atoms with Crippen molar-refractivity contribution in [3.63, 3.8) is 0 Å². The number of nitrogens with one attached hydrogen (secondary N) is 2. The second kappa shape index (κ2) is 11.9. The first kappa shape index (κ1) is 29.1. The fourth-order valence-corrected chi connectivity index (χ4v) is 5.88. The molecular weight excluding hydrogens is 582 g/mol. The van der Waals surface area contributed by atoms with Crippen molar-refractivity contribution in [1.29, 1.82) is 0 Å². The molecule has 2 N–H and O–H groups in total. The average Bonchev–Trinajstić information content (AvgIpc) is 3.38. The summed E-state index contributed by atoms with van der Waals surface area (Å²) in [5.41, 5.74) is 5.04. The van der Waals surface area contributed by atoms with Gasteiger partial charge in [0.05, 0.1) is 48.3 Å². The maximum absolute atomic E-state index is 13.7. The summed E-state index contributed by atoms with van der Waals surface area (Å²) in [5, 5.41) is 11.4. The van der Waals surface area contributed by atoms with Crippen molar-refractivity contribution in [3.05, 3.63) is 88.3 Å². The number of halogens is 1. The smallest absolute Gasteiger partial charge is 0.411 e. The Balaban J connectivity index is 1.43. The van der Waals surface area contributed by atoms with Crippen molar-refractivity contribution in [2.24, 2.45) is 13.0 Å². The fraction of sp³-hybridized carbons (Fsp3) is 0.250. The molecule has 224 valence electrons. The molecule has 0 saturated heterocycles. The van der Waals surface area contributed by atoms with Crippen LogP contribution < -0.4 is 16.2 Å². The number of pyridine rings is 1. The maximum atomic E-state index is 13.7. The number of hydrogen-bond donors (Lipinski definition) is 2. The van der Waals surface area contributed by atoms with E-state index in [-0.39, 0.29) is 17.4 Å². The first-order valence-corrected chi connectivity index (χ1v) is 14.6. The summed E-state index contributed by atoms with van der Waals surface area (Å²) < 4.78 is 8.05. The molecule has 0 spiro atoms. The van der Waals surface area contributed by atoms with Crippen LogP contribution in [0, 0.1) is 5.92 Å². The summed E-state index contributed by atoms with van der Waals surface area (Å²) in [4.78, 5) is 48.1. The first-order chi connectivity index (χ1) is 21.2. The van der Waals surface area contributed by atoms with E-state index in [9.17, 15) is 14.4 Å². The van der Waals surface area contributed by atoms with E-state index in [2.05, 4.69) is 20.7 Å². The average molecular weight is 612 g/mol. The van der Waals surface area contributed by atoms with E-state index in [1.165, 1.54) is 13.2 Å². The van der Waals surface area contributed by atoms with Crippen LogP contribution in [-0.4, -0.2) is 43.4 Å². The molecular formula is C32H30ClN7O4. The second-order valence-corrected chi connectivity index (χ2v) is 11.3.